The van der Waals surface area contributed by atoms with Crippen molar-refractivity contribution in [3.05, 3.63) is 72.1 Å². The molecule has 0 unspecified atom stereocenters. The van der Waals surface area contributed by atoms with Crippen LogP contribution in [-0.4, -0.2) is 34.6 Å². The van der Waals surface area contributed by atoms with Crippen molar-refractivity contribution in [2.75, 3.05) is 6.54 Å². The van der Waals surface area contributed by atoms with E-state index in [1.165, 1.54) is 0 Å². The Bertz CT molecular complexity index is 968. The highest BCUT2D eigenvalue weighted by Crippen LogP contribution is 2.20. The largest absolute Gasteiger partial charge is 0.489 e. The van der Waals surface area contributed by atoms with Crippen molar-refractivity contribution in [1.29, 1.82) is 0 Å². The van der Waals surface area contributed by atoms with Gasteiger partial charge in [-0.1, -0.05) is 30.3 Å². The number of nitrogens with zero attached hydrogens (tertiary/aromatic N) is 1. The zero-order valence-corrected chi connectivity index (χ0v) is 15.2. The van der Waals surface area contributed by atoms with Crippen molar-refractivity contribution in [2.24, 2.45) is 5.73 Å². The number of fused-ring (bicyclic) bond motifs is 1. The lowest BCUT2D eigenvalue weighted by molar-refractivity contribution is -0.138. The van der Waals surface area contributed by atoms with E-state index in [0.29, 0.717) is 12.4 Å². The van der Waals surface area contributed by atoms with Crippen LogP contribution in [0.2, 0.25) is 0 Å². The number of pyridine rings is 1. The molecule has 7 heteroatoms. The molecule has 144 valence electrons. The first-order valence-electron chi connectivity index (χ1n) is 8.81. The number of ether oxygens (including phenoxy) is 1. The van der Waals surface area contributed by atoms with Crippen molar-refractivity contribution in [2.45, 2.75) is 19.1 Å². The van der Waals surface area contributed by atoms with Gasteiger partial charge in [0.2, 0.25) is 5.91 Å². The van der Waals surface area contributed by atoms with Gasteiger partial charge >= 0.3 is 5.97 Å². The molecule has 0 saturated heterocycles. The van der Waals surface area contributed by atoms with Crippen LogP contribution in [-0.2, 0) is 22.6 Å². The average Bonchev–Trinajstić information content (AvgIpc) is 2.71. The maximum absolute atomic E-state index is 11.9. The lowest BCUT2D eigenvalue weighted by Gasteiger charge is -2.10. The summed E-state index contributed by atoms with van der Waals surface area (Å²) in [7, 11) is 0. The Morgan fingerprint density at radius 3 is 2.68 bits per heavy atom. The van der Waals surface area contributed by atoms with Gasteiger partial charge in [0, 0.05) is 24.3 Å². The smallest absolute Gasteiger partial charge is 0.322 e. The molecule has 4 N–H and O–H groups in total. The third-order valence-electron chi connectivity index (χ3n) is 4.29. The minimum atomic E-state index is -1.15. The molecule has 0 bridgehead atoms. The van der Waals surface area contributed by atoms with Crippen molar-refractivity contribution in [1.82, 2.24) is 10.3 Å². The van der Waals surface area contributed by atoms with Gasteiger partial charge in [0.1, 0.15) is 18.4 Å². The molecule has 28 heavy (non-hydrogen) atoms. The Morgan fingerprint density at radius 2 is 1.93 bits per heavy atom. The van der Waals surface area contributed by atoms with Gasteiger partial charge in [-0.15, -0.1) is 0 Å². The van der Waals surface area contributed by atoms with E-state index < -0.39 is 12.0 Å². The number of nitrogens with one attached hydrogen (secondary N) is 1. The number of carboxylic acids is 1. The zero-order chi connectivity index (χ0) is 19.9. The van der Waals surface area contributed by atoms with Gasteiger partial charge < -0.3 is 20.9 Å². The maximum Gasteiger partial charge on any atom is 0.322 e. The summed E-state index contributed by atoms with van der Waals surface area (Å²) in [6.07, 6.45) is 3.72. The molecule has 1 aromatic heterocycles. The monoisotopic (exact) mass is 379 g/mol. The number of aromatic nitrogens is 1. The normalized spacial score (nSPS) is 11.8. The number of aliphatic carboxylic acids is 1. The van der Waals surface area contributed by atoms with Gasteiger partial charge in [0.15, 0.2) is 0 Å². The second-order valence-electron chi connectivity index (χ2n) is 6.37. The summed E-state index contributed by atoms with van der Waals surface area (Å²) in [6.45, 7) is 0.324. The predicted octanol–water partition coefficient (Wildman–Crippen LogP) is 1.88. The lowest BCUT2D eigenvalue weighted by Crippen LogP contribution is -2.42. The van der Waals surface area contributed by atoms with Crippen molar-refractivity contribution < 1.29 is 19.4 Å². The van der Waals surface area contributed by atoms with Gasteiger partial charge in [-0.25, -0.2) is 0 Å². The summed E-state index contributed by atoms with van der Waals surface area (Å²) >= 11 is 0. The molecule has 3 aromatic rings. The molecule has 0 aliphatic carbocycles. The number of nitrogens with two attached hydrogens (primary N) is 1. The summed E-state index contributed by atoms with van der Waals surface area (Å²) in [5, 5.41) is 13.4. The average molecular weight is 379 g/mol. The first-order valence-corrected chi connectivity index (χ1v) is 8.81. The predicted molar refractivity (Wildman–Crippen MR) is 105 cm³/mol. The Kier molecular flexibility index (Phi) is 6.18. The minimum absolute atomic E-state index is 0.101. The highest BCUT2D eigenvalue weighted by atomic mass is 16.5. The van der Waals surface area contributed by atoms with Crippen LogP contribution in [0.5, 0.6) is 5.75 Å². The summed E-state index contributed by atoms with van der Waals surface area (Å²) in [5.41, 5.74) is 7.22. The Hall–Kier alpha value is -3.45. The molecule has 0 aliphatic heterocycles. The first kappa shape index (κ1) is 19.3. The number of carbonyl (C=O) groups excluding carboxylic acids is 1. The molecule has 0 saturated carbocycles. The van der Waals surface area contributed by atoms with Crippen LogP contribution >= 0.6 is 0 Å². The van der Waals surface area contributed by atoms with E-state index >= 15 is 0 Å². The van der Waals surface area contributed by atoms with Gasteiger partial charge in [0.25, 0.3) is 0 Å². The number of carbonyl (C=O) groups is 2. The van der Waals surface area contributed by atoms with Gasteiger partial charge in [0.05, 0.1) is 6.42 Å². The standard InChI is InChI=1S/C21H21N3O4/c22-19(21(26)27)12-24-20(25)10-14-4-6-17(7-5-14)28-13-16-3-1-2-15-11-23-9-8-18(15)16/h1-9,11,19H,10,12-13,22H2,(H,24,25)(H,26,27)/t19-/m0/s1. The van der Waals surface area contributed by atoms with Crippen LogP contribution < -0.4 is 15.8 Å². The Balaban J connectivity index is 1.54. The van der Waals surface area contributed by atoms with Crippen LogP contribution in [0.4, 0.5) is 0 Å². The molecular formula is C21H21N3O4. The minimum Gasteiger partial charge on any atom is -0.489 e. The molecule has 0 aliphatic rings. The van der Waals surface area contributed by atoms with E-state index in [0.717, 1.165) is 21.9 Å². The van der Waals surface area contributed by atoms with Crippen LogP contribution in [0.3, 0.4) is 0 Å². The number of amides is 1. The van der Waals surface area contributed by atoms with Gasteiger partial charge in [-0.2, -0.15) is 0 Å². The summed E-state index contributed by atoms with van der Waals surface area (Å²) < 4.78 is 5.86. The van der Waals surface area contributed by atoms with Crippen molar-refractivity contribution in [3.8, 4) is 5.75 Å². The highest BCUT2D eigenvalue weighted by Gasteiger charge is 2.12. The van der Waals surface area contributed by atoms with E-state index in [1.54, 1.807) is 30.5 Å². The van der Waals surface area contributed by atoms with E-state index in [9.17, 15) is 9.59 Å². The number of hydrogen-bond acceptors (Lipinski definition) is 5. The number of rotatable bonds is 8. The molecule has 2 aromatic carbocycles. The van der Waals surface area contributed by atoms with Crippen molar-refractivity contribution in [3.63, 3.8) is 0 Å². The molecular weight excluding hydrogens is 358 g/mol. The second-order valence-corrected chi connectivity index (χ2v) is 6.37. The van der Waals surface area contributed by atoms with E-state index in [2.05, 4.69) is 10.3 Å². The van der Waals surface area contributed by atoms with Crippen molar-refractivity contribution >= 4 is 22.6 Å². The summed E-state index contributed by atoms with van der Waals surface area (Å²) in [5.74, 6) is -0.734. The first-order chi connectivity index (χ1) is 13.5. The number of benzene rings is 2. The molecule has 1 heterocycles. The summed E-state index contributed by atoms with van der Waals surface area (Å²) in [4.78, 5) is 26.6. The molecule has 1 amide bonds. The molecule has 0 fully saturated rings. The quantitative estimate of drug-likeness (QED) is 0.551. The fraction of sp³-hybridized carbons (Fsp3) is 0.190. The highest BCUT2D eigenvalue weighted by molar-refractivity contribution is 5.84. The molecule has 0 radical (unpaired) electrons. The van der Waals surface area contributed by atoms with Crippen LogP contribution in [0.25, 0.3) is 10.8 Å². The molecule has 1 atom stereocenters. The molecule has 3 rings (SSSR count). The number of carboxylic acid groups (broad SMARTS) is 1. The zero-order valence-electron chi connectivity index (χ0n) is 15.2. The Morgan fingerprint density at radius 1 is 1.14 bits per heavy atom. The van der Waals surface area contributed by atoms with Crippen LogP contribution in [0, 0.1) is 0 Å². The number of hydrogen-bond donors (Lipinski definition) is 3. The third kappa shape index (κ3) is 5.05. The van der Waals surface area contributed by atoms with Gasteiger partial charge in [-0.3, -0.25) is 14.6 Å². The van der Waals surface area contributed by atoms with Crippen LogP contribution in [0.15, 0.2) is 60.9 Å². The lowest BCUT2D eigenvalue weighted by atomic mass is 10.1. The fourth-order valence-electron chi connectivity index (χ4n) is 2.74. The Labute approximate surface area is 162 Å². The summed E-state index contributed by atoms with van der Waals surface area (Å²) in [6, 6.07) is 14.1. The topological polar surface area (TPSA) is 115 Å². The third-order valence-corrected chi connectivity index (χ3v) is 4.29. The van der Waals surface area contributed by atoms with E-state index in [1.807, 2.05) is 30.5 Å². The maximum atomic E-state index is 11.9. The van der Waals surface area contributed by atoms with E-state index in [-0.39, 0.29) is 18.9 Å². The fourth-order valence-corrected chi connectivity index (χ4v) is 2.74. The SMILES string of the molecule is N[C@@H](CNC(=O)Cc1ccc(OCc2cccc3cnccc23)cc1)C(=O)O. The van der Waals surface area contributed by atoms with Crippen LogP contribution in [0.1, 0.15) is 11.1 Å². The second kappa shape index (κ2) is 8.96. The molecule has 7 nitrogen and oxygen atoms in total. The van der Waals surface area contributed by atoms with E-state index in [4.69, 9.17) is 15.6 Å². The molecule has 0 spiro atoms. The van der Waals surface area contributed by atoms with Gasteiger partial charge in [-0.05, 0) is 34.7 Å².